The molecule has 1 unspecified atom stereocenters. The van der Waals surface area contributed by atoms with Crippen LogP contribution in [0.2, 0.25) is 0 Å². The summed E-state index contributed by atoms with van der Waals surface area (Å²) in [6, 6.07) is 9.35. The van der Waals surface area contributed by atoms with E-state index in [2.05, 4.69) is 15.9 Å². The average Bonchev–Trinajstić information content (AvgIpc) is 2.54. The number of benzene rings is 1. The number of hydrogen-bond acceptors (Lipinski definition) is 2. The molecule has 0 N–H and O–H groups in total. The molecule has 0 bridgehead atoms. The molecule has 0 aromatic heterocycles. The monoisotopic (exact) mass is 299 g/mol. The van der Waals surface area contributed by atoms with E-state index in [1.165, 1.54) is 9.71 Å². The predicted octanol–water partition coefficient (Wildman–Crippen LogP) is 2.49. The number of hydrogen-bond donors (Lipinski definition) is 0. The minimum atomic E-state index is -1.38. The maximum atomic E-state index is 11.7. The highest BCUT2D eigenvalue weighted by Gasteiger charge is 2.33. The molecule has 84 valence electrons. The van der Waals surface area contributed by atoms with Gasteiger partial charge in [0.1, 0.15) is 11.0 Å². The molecule has 3 nitrogen and oxygen atoms in total. The molecule has 0 fully saturated rings. The van der Waals surface area contributed by atoms with E-state index in [0.29, 0.717) is 4.48 Å². The zero-order valence-electron chi connectivity index (χ0n) is 8.59. The van der Waals surface area contributed by atoms with Crippen LogP contribution < -0.4 is 0 Å². The standard InChI is InChI=1S/C11H10BrNO2S/c1-8(9-5-3-2-4-6-9)13-11(14)10(12)7-16(13)15/h2-8H,1H3/t8-,16?/m0/s1. The first-order chi connectivity index (χ1) is 7.61. The molecular weight excluding hydrogens is 290 g/mol. The van der Waals surface area contributed by atoms with Crippen LogP contribution in [-0.4, -0.2) is 14.4 Å². The first-order valence-electron chi connectivity index (χ1n) is 4.78. The Morgan fingerprint density at radius 3 is 2.44 bits per heavy atom. The van der Waals surface area contributed by atoms with Crippen LogP contribution >= 0.6 is 15.9 Å². The molecule has 0 spiro atoms. The van der Waals surface area contributed by atoms with Gasteiger partial charge in [0.25, 0.3) is 5.91 Å². The van der Waals surface area contributed by atoms with Gasteiger partial charge >= 0.3 is 0 Å². The minimum Gasteiger partial charge on any atom is -0.267 e. The third-order valence-corrected chi connectivity index (χ3v) is 4.61. The fraction of sp³-hybridized carbons (Fsp3) is 0.182. The molecule has 1 aromatic carbocycles. The second kappa shape index (κ2) is 4.51. The van der Waals surface area contributed by atoms with Crippen LogP contribution in [0.1, 0.15) is 18.5 Å². The quantitative estimate of drug-likeness (QED) is 0.841. The predicted molar refractivity (Wildman–Crippen MR) is 66.9 cm³/mol. The smallest absolute Gasteiger partial charge is 0.267 e. The number of nitrogens with zero attached hydrogens (tertiary/aromatic N) is 1. The molecular formula is C11H10BrNO2S. The maximum Gasteiger partial charge on any atom is 0.274 e. The molecule has 1 heterocycles. The summed E-state index contributed by atoms with van der Waals surface area (Å²) in [5.74, 6) is -0.227. The van der Waals surface area contributed by atoms with E-state index in [1.807, 2.05) is 37.3 Å². The molecule has 2 rings (SSSR count). The Morgan fingerprint density at radius 1 is 1.31 bits per heavy atom. The highest BCUT2D eigenvalue weighted by atomic mass is 79.9. The summed E-state index contributed by atoms with van der Waals surface area (Å²) in [5.41, 5.74) is 0.972. The Morgan fingerprint density at radius 2 is 1.94 bits per heavy atom. The van der Waals surface area contributed by atoms with Crippen LogP contribution in [-0.2, 0) is 15.8 Å². The third kappa shape index (κ3) is 1.97. The molecule has 2 atom stereocenters. The lowest BCUT2D eigenvalue weighted by Crippen LogP contribution is -2.29. The van der Waals surface area contributed by atoms with E-state index in [9.17, 15) is 9.00 Å². The molecule has 0 saturated heterocycles. The van der Waals surface area contributed by atoms with Crippen LogP contribution in [0.15, 0.2) is 40.2 Å². The topological polar surface area (TPSA) is 37.4 Å². The van der Waals surface area contributed by atoms with E-state index in [0.717, 1.165) is 5.56 Å². The molecule has 0 radical (unpaired) electrons. The molecule has 1 aliphatic rings. The van der Waals surface area contributed by atoms with Crippen LogP contribution in [0.25, 0.3) is 0 Å². The fourth-order valence-corrected chi connectivity index (χ4v) is 3.46. The highest BCUT2D eigenvalue weighted by molar-refractivity contribution is 9.12. The fourth-order valence-electron chi connectivity index (χ4n) is 1.58. The summed E-state index contributed by atoms with van der Waals surface area (Å²) in [5, 5.41) is 1.42. The van der Waals surface area contributed by atoms with E-state index < -0.39 is 11.0 Å². The van der Waals surface area contributed by atoms with Gasteiger partial charge in [-0.05, 0) is 28.4 Å². The van der Waals surface area contributed by atoms with Gasteiger partial charge in [-0.1, -0.05) is 30.3 Å². The molecule has 0 saturated carbocycles. The third-order valence-electron chi connectivity index (χ3n) is 2.44. The van der Waals surface area contributed by atoms with Gasteiger partial charge in [-0.25, -0.2) is 8.51 Å². The van der Waals surface area contributed by atoms with Gasteiger partial charge in [0.05, 0.1) is 10.5 Å². The number of halogens is 1. The lowest BCUT2D eigenvalue weighted by atomic mass is 10.1. The Bertz CT molecular complexity index is 472. The molecule has 16 heavy (non-hydrogen) atoms. The molecule has 1 amide bonds. The van der Waals surface area contributed by atoms with Crippen molar-refractivity contribution in [3.63, 3.8) is 0 Å². The van der Waals surface area contributed by atoms with Gasteiger partial charge < -0.3 is 0 Å². The number of amides is 1. The molecule has 5 heteroatoms. The lowest BCUT2D eigenvalue weighted by Gasteiger charge is -2.22. The molecule has 1 aromatic rings. The Balaban J connectivity index is 2.28. The van der Waals surface area contributed by atoms with Crippen molar-refractivity contribution in [2.75, 3.05) is 0 Å². The van der Waals surface area contributed by atoms with E-state index in [-0.39, 0.29) is 11.9 Å². The lowest BCUT2D eigenvalue weighted by molar-refractivity contribution is -0.122. The number of carbonyl (C=O) groups excluding carboxylic acids is 1. The van der Waals surface area contributed by atoms with Crippen molar-refractivity contribution in [1.82, 2.24) is 4.31 Å². The normalized spacial score (nSPS) is 22.1. The summed E-state index contributed by atoms with van der Waals surface area (Å²) in [7, 11) is -1.38. The minimum absolute atomic E-state index is 0.194. The molecule has 1 aliphatic heterocycles. The summed E-state index contributed by atoms with van der Waals surface area (Å²) < 4.78 is 13.4. The zero-order chi connectivity index (χ0) is 11.7. The Labute approximate surface area is 105 Å². The first-order valence-corrected chi connectivity index (χ1v) is 6.74. The number of carbonyl (C=O) groups is 1. The van der Waals surface area contributed by atoms with Crippen LogP contribution in [0, 0.1) is 0 Å². The van der Waals surface area contributed by atoms with E-state index in [1.54, 1.807) is 0 Å². The van der Waals surface area contributed by atoms with Gasteiger partial charge in [0.2, 0.25) is 0 Å². The van der Waals surface area contributed by atoms with Crippen molar-refractivity contribution >= 4 is 32.8 Å². The van der Waals surface area contributed by atoms with Gasteiger partial charge in [0, 0.05) is 5.41 Å². The van der Waals surface area contributed by atoms with Gasteiger partial charge in [0.15, 0.2) is 0 Å². The maximum absolute atomic E-state index is 11.7. The summed E-state index contributed by atoms with van der Waals surface area (Å²) in [4.78, 5) is 11.7. The highest BCUT2D eigenvalue weighted by Crippen LogP contribution is 2.30. The van der Waals surface area contributed by atoms with Crippen LogP contribution in [0.5, 0.6) is 0 Å². The SMILES string of the molecule is C[C@@H](c1ccccc1)N1C(=O)C(Br)=CS1=O. The van der Waals surface area contributed by atoms with Gasteiger partial charge in [-0.3, -0.25) is 4.79 Å². The van der Waals surface area contributed by atoms with Crippen molar-refractivity contribution in [1.29, 1.82) is 0 Å². The average molecular weight is 300 g/mol. The zero-order valence-corrected chi connectivity index (χ0v) is 11.0. The van der Waals surface area contributed by atoms with E-state index >= 15 is 0 Å². The largest absolute Gasteiger partial charge is 0.274 e. The Kier molecular flexibility index (Phi) is 3.25. The van der Waals surface area contributed by atoms with Crippen LogP contribution in [0.4, 0.5) is 0 Å². The summed E-state index contributed by atoms with van der Waals surface area (Å²) in [6.45, 7) is 1.87. The van der Waals surface area contributed by atoms with E-state index in [4.69, 9.17) is 0 Å². The van der Waals surface area contributed by atoms with Gasteiger partial charge in [-0.15, -0.1) is 0 Å². The number of rotatable bonds is 2. The second-order valence-electron chi connectivity index (χ2n) is 3.46. The summed E-state index contributed by atoms with van der Waals surface area (Å²) in [6.07, 6.45) is 0. The van der Waals surface area contributed by atoms with Crippen molar-refractivity contribution in [2.45, 2.75) is 13.0 Å². The summed E-state index contributed by atoms with van der Waals surface area (Å²) >= 11 is 3.10. The van der Waals surface area contributed by atoms with Crippen molar-refractivity contribution < 1.29 is 9.00 Å². The van der Waals surface area contributed by atoms with Crippen molar-refractivity contribution in [3.8, 4) is 0 Å². The first kappa shape index (κ1) is 11.5. The van der Waals surface area contributed by atoms with Crippen LogP contribution in [0.3, 0.4) is 0 Å². The van der Waals surface area contributed by atoms with Crippen molar-refractivity contribution in [2.24, 2.45) is 0 Å². The van der Waals surface area contributed by atoms with Crippen molar-refractivity contribution in [3.05, 3.63) is 45.8 Å². The molecule has 0 aliphatic carbocycles. The Hall–Kier alpha value is -0.940. The second-order valence-corrected chi connectivity index (χ2v) is 5.50. The van der Waals surface area contributed by atoms with Gasteiger partial charge in [-0.2, -0.15) is 0 Å².